The highest BCUT2D eigenvalue weighted by Gasteiger charge is 2.08. The maximum atomic E-state index is 5.92. The second-order valence-electron chi connectivity index (χ2n) is 3.43. The predicted molar refractivity (Wildman–Crippen MR) is 73.6 cm³/mol. The first-order chi connectivity index (χ1) is 8.20. The van der Waals surface area contributed by atoms with E-state index in [9.17, 15) is 0 Å². The molecule has 0 saturated heterocycles. The third-order valence-electron chi connectivity index (χ3n) is 2.24. The van der Waals surface area contributed by atoms with E-state index in [0.29, 0.717) is 0 Å². The van der Waals surface area contributed by atoms with Crippen LogP contribution in [-0.2, 0) is 0 Å². The van der Waals surface area contributed by atoms with Gasteiger partial charge in [0, 0.05) is 19.7 Å². The van der Waals surface area contributed by atoms with E-state index in [0.717, 1.165) is 27.5 Å². The molecule has 0 bridgehead atoms. The molecule has 2 rings (SSSR count). The fourth-order valence-corrected chi connectivity index (χ4v) is 2.41. The Labute approximate surface area is 109 Å². The van der Waals surface area contributed by atoms with E-state index >= 15 is 0 Å². The molecule has 17 heavy (non-hydrogen) atoms. The highest BCUT2D eigenvalue weighted by Crippen LogP contribution is 2.32. The van der Waals surface area contributed by atoms with E-state index in [4.69, 9.17) is 11.6 Å². The first-order valence-corrected chi connectivity index (χ1v) is 6.45. The summed E-state index contributed by atoms with van der Waals surface area (Å²) < 4.78 is 0.771. The molecule has 90 valence electrons. The molecular formula is C11H13ClN4S. The first-order valence-electron chi connectivity index (χ1n) is 5.25. The summed E-state index contributed by atoms with van der Waals surface area (Å²) in [4.78, 5) is 10.4. The lowest BCUT2D eigenvalue weighted by atomic mass is 10.4. The van der Waals surface area contributed by atoms with Gasteiger partial charge in [0.2, 0.25) is 0 Å². The quantitative estimate of drug-likeness (QED) is 0.923. The maximum absolute atomic E-state index is 5.92. The van der Waals surface area contributed by atoms with Crippen molar-refractivity contribution in [3.05, 3.63) is 28.9 Å². The van der Waals surface area contributed by atoms with Crippen molar-refractivity contribution in [3.8, 4) is 0 Å². The highest BCUT2D eigenvalue weighted by molar-refractivity contribution is 7.20. The SMILES string of the molecule is CCNc1cc(N(C)c2ccc(Cl)s2)ncn1. The van der Waals surface area contributed by atoms with Gasteiger partial charge in [-0.15, -0.1) is 11.3 Å². The Morgan fingerprint density at radius 2 is 2.24 bits per heavy atom. The lowest BCUT2D eigenvalue weighted by molar-refractivity contribution is 1.07. The van der Waals surface area contributed by atoms with E-state index < -0.39 is 0 Å². The van der Waals surface area contributed by atoms with Crippen LogP contribution in [0, 0.1) is 0 Å². The van der Waals surface area contributed by atoms with E-state index in [2.05, 4.69) is 15.3 Å². The molecule has 2 aromatic rings. The molecule has 4 nitrogen and oxygen atoms in total. The summed E-state index contributed by atoms with van der Waals surface area (Å²) in [6.07, 6.45) is 1.55. The molecule has 0 aliphatic carbocycles. The fraction of sp³-hybridized carbons (Fsp3) is 0.273. The van der Waals surface area contributed by atoms with E-state index in [1.54, 1.807) is 6.33 Å². The molecule has 2 heterocycles. The molecule has 2 aromatic heterocycles. The zero-order valence-electron chi connectivity index (χ0n) is 9.64. The third kappa shape index (κ3) is 2.87. The average Bonchev–Trinajstić information content (AvgIpc) is 2.76. The van der Waals surface area contributed by atoms with Crippen molar-refractivity contribution in [2.24, 2.45) is 0 Å². The summed E-state index contributed by atoms with van der Waals surface area (Å²) in [5, 5.41) is 4.21. The van der Waals surface area contributed by atoms with E-state index in [1.165, 1.54) is 11.3 Å². The smallest absolute Gasteiger partial charge is 0.138 e. The zero-order chi connectivity index (χ0) is 12.3. The molecule has 0 unspecified atom stereocenters. The van der Waals surface area contributed by atoms with Gasteiger partial charge in [-0.3, -0.25) is 0 Å². The van der Waals surface area contributed by atoms with Crippen LogP contribution in [-0.4, -0.2) is 23.6 Å². The van der Waals surface area contributed by atoms with Crippen LogP contribution in [0.4, 0.5) is 16.6 Å². The van der Waals surface area contributed by atoms with Crippen molar-refractivity contribution in [2.45, 2.75) is 6.92 Å². The number of nitrogens with one attached hydrogen (secondary N) is 1. The van der Waals surface area contributed by atoms with Crippen molar-refractivity contribution in [1.82, 2.24) is 9.97 Å². The molecule has 0 aromatic carbocycles. The Morgan fingerprint density at radius 1 is 1.41 bits per heavy atom. The van der Waals surface area contributed by atoms with Crippen molar-refractivity contribution in [2.75, 3.05) is 23.8 Å². The van der Waals surface area contributed by atoms with Crippen molar-refractivity contribution in [3.63, 3.8) is 0 Å². The van der Waals surface area contributed by atoms with Gasteiger partial charge in [-0.1, -0.05) is 11.6 Å². The topological polar surface area (TPSA) is 41.0 Å². The normalized spacial score (nSPS) is 10.3. The van der Waals surface area contributed by atoms with Crippen molar-refractivity contribution < 1.29 is 0 Å². The third-order valence-corrected chi connectivity index (χ3v) is 3.55. The van der Waals surface area contributed by atoms with Crippen LogP contribution in [0.3, 0.4) is 0 Å². The largest absolute Gasteiger partial charge is 0.370 e. The lowest BCUT2D eigenvalue weighted by Crippen LogP contribution is -2.10. The number of thiophene rings is 1. The Hall–Kier alpha value is -1.33. The standard InChI is InChI=1S/C11H13ClN4S/c1-3-13-9-6-10(15-7-14-9)16(2)11-5-4-8(12)17-11/h4-7H,3H2,1-2H3,(H,13,14,15). The van der Waals surface area contributed by atoms with Gasteiger partial charge in [0.05, 0.1) is 9.34 Å². The summed E-state index contributed by atoms with van der Waals surface area (Å²) in [5.74, 6) is 1.67. The Morgan fingerprint density at radius 3 is 2.88 bits per heavy atom. The number of rotatable bonds is 4. The van der Waals surface area contributed by atoms with Gasteiger partial charge < -0.3 is 10.2 Å². The molecule has 0 aliphatic heterocycles. The van der Waals surface area contributed by atoms with Gasteiger partial charge in [0.1, 0.15) is 18.0 Å². The van der Waals surface area contributed by atoms with Crippen LogP contribution in [0.5, 0.6) is 0 Å². The van der Waals surface area contributed by atoms with Gasteiger partial charge in [-0.2, -0.15) is 0 Å². The van der Waals surface area contributed by atoms with Gasteiger partial charge >= 0.3 is 0 Å². The molecule has 0 aliphatic rings. The average molecular weight is 269 g/mol. The zero-order valence-corrected chi connectivity index (χ0v) is 11.2. The van der Waals surface area contributed by atoms with E-state index in [1.807, 2.05) is 37.1 Å². The van der Waals surface area contributed by atoms with Gasteiger partial charge in [-0.05, 0) is 19.1 Å². The van der Waals surface area contributed by atoms with Gasteiger partial charge in [0.15, 0.2) is 0 Å². The molecule has 0 fully saturated rings. The summed E-state index contributed by atoms with van der Waals surface area (Å²) in [5.41, 5.74) is 0. The Bertz CT molecular complexity index is 500. The van der Waals surface area contributed by atoms with Crippen LogP contribution >= 0.6 is 22.9 Å². The molecule has 0 atom stereocenters. The van der Waals surface area contributed by atoms with Crippen molar-refractivity contribution in [1.29, 1.82) is 0 Å². The maximum Gasteiger partial charge on any atom is 0.138 e. The summed E-state index contributed by atoms with van der Waals surface area (Å²) in [6.45, 7) is 2.87. The minimum Gasteiger partial charge on any atom is -0.370 e. The van der Waals surface area contributed by atoms with E-state index in [-0.39, 0.29) is 0 Å². The Kier molecular flexibility index (Phi) is 3.81. The van der Waals surface area contributed by atoms with Crippen LogP contribution in [0.1, 0.15) is 6.92 Å². The number of anilines is 3. The number of aromatic nitrogens is 2. The molecule has 0 amide bonds. The second kappa shape index (κ2) is 5.33. The summed E-state index contributed by atoms with van der Waals surface area (Å²) >= 11 is 7.44. The molecule has 0 radical (unpaired) electrons. The lowest BCUT2D eigenvalue weighted by Gasteiger charge is -2.16. The summed E-state index contributed by atoms with van der Waals surface area (Å²) in [7, 11) is 1.96. The highest BCUT2D eigenvalue weighted by atomic mass is 35.5. The minimum atomic E-state index is 0.771. The number of hydrogen-bond donors (Lipinski definition) is 1. The molecular weight excluding hydrogens is 256 g/mol. The molecule has 6 heteroatoms. The minimum absolute atomic E-state index is 0.771. The van der Waals surface area contributed by atoms with Crippen LogP contribution in [0.2, 0.25) is 4.34 Å². The van der Waals surface area contributed by atoms with Crippen LogP contribution in [0.25, 0.3) is 0 Å². The molecule has 0 saturated carbocycles. The second-order valence-corrected chi connectivity index (χ2v) is 5.12. The van der Waals surface area contributed by atoms with Crippen LogP contribution < -0.4 is 10.2 Å². The van der Waals surface area contributed by atoms with Gasteiger partial charge in [-0.25, -0.2) is 9.97 Å². The molecule has 1 N–H and O–H groups in total. The summed E-state index contributed by atoms with van der Waals surface area (Å²) in [6, 6.07) is 5.77. The first kappa shape index (κ1) is 12.1. The van der Waals surface area contributed by atoms with Crippen LogP contribution in [0.15, 0.2) is 24.5 Å². The Balaban J connectivity index is 2.24. The molecule has 0 spiro atoms. The monoisotopic (exact) mass is 268 g/mol. The van der Waals surface area contributed by atoms with Crippen molar-refractivity contribution >= 4 is 39.6 Å². The fourth-order valence-electron chi connectivity index (χ4n) is 1.41. The number of nitrogens with zero attached hydrogens (tertiary/aromatic N) is 3. The number of hydrogen-bond acceptors (Lipinski definition) is 5. The predicted octanol–water partition coefficient (Wildman–Crippen LogP) is 3.39. The van der Waals surface area contributed by atoms with Gasteiger partial charge in [0.25, 0.3) is 0 Å². The number of halogens is 1.